The molecule has 2 rings (SSSR count). The fourth-order valence-electron chi connectivity index (χ4n) is 2.92. The van der Waals surface area contributed by atoms with Gasteiger partial charge < -0.3 is 14.7 Å². The molecule has 0 saturated carbocycles. The lowest BCUT2D eigenvalue weighted by molar-refractivity contribution is -0.148. The first-order valence-corrected chi connectivity index (χ1v) is 9.03. The first-order valence-electron chi connectivity index (χ1n) is 9.03. The highest BCUT2D eigenvalue weighted by atomic mass is 16.5. The largest absolute Gasteiger partial charge is 0.489 e. The Morgan fingerprint density at radius 1 is 1.04 bits per heavy atom. The van der Waals surface area contributed by atoms with Gasteiger partial charge in [0.05, 0.1) is 12.0 Å². The average Bonchev–Trinajstić information content (AvgIpc) is 2.63. The van der Waals surface area contributed by atoms with Gasteiger partial charge in [-0.3, -0.25) is 9.59 Å². The maximum atomic E-state index is 12.6. The van der Waals surface area contributed by atoms with Crippen molar-refractivity contribution >= 4 is 17.5 Å². The number of rotatable bonds is 10. The summed E-state index contributed by atoms with van der Waals surface area (Å²) in [5, 5.41) is 8.80. The number of aliphatic carboxylic acids is 1. The number of carbonyl (C=O) groups is 3. The minimum atomic E-state index is -1.61. The number of hydrogen-bond donors (Lipinski definition) is 1. The van der Waals surface area contributed by atoms with Crippen molar-refractivity contribution in [3.8, 4) is 5.75 Å². The quantitative estimate of drug-likeness (QED) is 0.386. The number of carbonyl (C=O) groups excluding carboxylic acids is 2. The molecular weight excluding hydrogens is 358 g/mol. The molecule has 0 amide bonds. The molecule has 0 aromatic heterocycles. The van der Waals surface area contributed by atoms with Gasteiger partial charge >= 0.3 is 5.97 Å². The zero-order valence-corrected chi connectivity index (χ0v) is 16.3. The van der Waals surface area contributed by atoms with E-state index in [2.05, 4.69) is 0 Å². The van der Waals surface area contributed by atoms with Crippen LogP contribution in [0.3, 0.4) is 0 Å². The van der Waals surface area contributed by atoms with E-state index in [4.69, 9.17) is 9.84 Å². The van der Waals surface area contributed by atoms with Crippen molar-refractivity contribution in [3.63, 3.8) is 0 Å². The number of benzene rings is 2. The van der Waals surface area contributed by atoms with Crippen molar-refractivity contribution in [2.75, 3.05) is 20.6 Å². The molecule has 1 atom stereocenters. The standard InChI is InChI=1S/C22H25NO5/c1-15(14-23(2)3)28-21-10-9-17(11-16-7-5-4-6-8-16)12-18(21)19(24)13-20(25)22(26)27/h4-10,12,15H,11,13-14H2,1-3H3,(H,26,27). The lowest BCUT2D eigenvalue weighted by Gasteiger charge is -2.20. The molecule has 0 radical (unpaired) electrons. The van der Waals surface area contributed by atoms with Gasteiger partial charge in [-0.15, -0.1) is 0 Å². The average molecular weight is 383 g/mol. The SMILES string of the molecule is CC(CN(C)C)Oc1ccc(Cc2ccccc2)cc1C(=O)CC(=O)C(=O)O. The molecule has 2 aromatic rings. The fourth-order valence-corrected chi connectivity index (χ4v) is 2.92. The molecule has 1 unspecified atom stereocenters. The van der Waals surface area contributed by atoms with Crippen LogP contribution in [0, 0.1) is 0 Å². The molecule has 0 aliphatic carbocycles. The molecule has 6 nitrogen and oxygen atoms in total. The van der Waals surface area contributed by atoms with Gasteiger partial charge in [-0.05, 0) is 50.7 Å². The summed E-state index contributed by atoms with van der Waals surface area (Å²) in [4.78, 5) is 36.9. The van der Waals surface area contributed by atoms with Crippen LogP contribution in [0.2, 0.25) is 0 Å². The van der Waals surface area contributed by atoms with Gasteiger partial charge in [0.2, 0.25) is 5.78 Å². The smallest absolute Gasteiger partial charge is 0.372 e. The molecule has 0 fully saturated rings. The van der Waals surface area contributed by atoms with E-state index in [1.807, 2.05) is 62.3 Å². The van der Waals surface area contributed by atoms with E-state index in [0.717, 1.165) is 11.1 Å². The predicted octanol–water partition coefficient (Wildman–Crippen LogP) is 2.83. The molecule has 2 aromatic carbocycles. The summed E-state index contributed by atoms with van der Waals surface area (Å²) in [6.07, 6.45) is -0.263. The number of nitrogens with zero attached hydrogens (tertiary/aromatic N) is 1. The number of Topliss-reactive ketones (excluding diaryl/α,β-unsaturated/α-hetero) is 2. The van der Waals surface area contributed by atoms with Crippen LogP contribution in [0.4, 0.5) is 0 Å². The Hall–Kier alpha value is -2.99. The number of likely N-dealkylation sites (N-methyl/N-ethyl adjacent to an activating group) is 1. The maximum Gasteiger partial charge on any atom is 0.372 e. The van der Waals surface area contributed by atoms with Gasteiger partial charge in [0.1, 0.15) is 11.9 Å². The molecule has 148 valence electrons. The Morgan fingerprint density at radius 3 is 2.32 bits per heavy atom. The summed E-state index contributed by atoms with van der Waals surface area (Å²) in [7, 11) is 3.83. The summed E-state index contributed by atoms with van der Waals surface area (Å²) in [6.45, 7) is 2.53. The topological polar surface area (TPSA) is 83.9 Å². The Labute approximate surface area is 164 Å². The van der Waals surface area contributed by atoms with Crippen molar-refractivity contribution in [1.29, 1.82) is 0 Å². The molecule has 28 heavy (non-hydrogen) atoms. The van der Waals surface area contributed by atoms with Crippen LogP contribution >= 0.6 is 0 Å². The third-order valence-electron chi connectivity index (χ3n) is 4.11. The Morgan fingerprint density at radius 2 is 1.71 bits per heavy atom. The third kappa shape index (κ3) is 6.32. The zero-order chi connectivity index (χ0) is 20.7. The Bertz CT molecular complexity index is 845. The monoisotopic (exact) mass is 383 g/mol. The van der Waals surface area contributed by atoms with Crippen LogP contribution in [-0.4, -0.2) is 54.3 Å². The van der Waals surface area contributed by atoms with Crippen LogP contribution in [0.1, 0.15) is 34.8 Å². The van der Waals surface area contributed by atoms with Gasteiger partial charge in [-0.2, -0.15) is 0 Å². The molecule has 0 aliphatic heterocycles. The second kappa shape index (κ2) is 9.80. The van der Waals surface area contributed by atoms with Crippen molar-refractivity contribution < 1.29 is 24.2 Å². The molecule has 0 heterocycles. The predicted molar refractivity (Wildman–Crippen MR) is 106 cm³/mol. The number of ether oxygens (including phenoxy) is 1. The minimum absolute atomic E-state index is 0.184. The Kier molecular flexibility index (Phi) is 7.46. The summed E-state index contributed by atoms with van der Waals surface area (Å²) in [5.41, 5.74) is 2.19. The van der Waals surface area contributed by atoms with Crippen LogP contribution in [-0.2, 0) is 16.0 Å². The van der Waals surface area contributed by atoms with Crippen molar-refractivity contribution in [2.24, 2.45) is 0 Å². The van der Waals surface area contributed by atoms with E-state index in [9.17, 15) is 14.4 Å². The van der Waals surface area contributed by atoms with Crippen molar-refractivity contribution in [3.05, 3.63) is 65.2 Å². The second-order valence-corrected chi connectivity index (χ2v) is 7.01. The lowest BCUT2D eigenvalue weighted by Crippen LogP contribution is -2.28. The van der Waals surface area contributed by atoms with E-state index in [1.165, 1.54) is 0 Å². The first kappa shape index (κ1) is 21.3. The summed E-state index contributed by atoms with van der Waals surface area (Å²) >= 11 is 0. The van der Waals surface area contributed by atoms with Crippen LogP contribution in [0.15, 0.2) is 48.5 Å². The maximum absolute atomic E-state index is 12.6. The summed E-state index contributed by atoms with van der Waals surface area (Å²) in [6, 6.07) is 15.0. The molecule has 0 aliphatic rings. The first-order chi connectivity index (χ1) is 13.3. The highest BCUT2D eigenvalue weighted by Crippen LogP contribution is 2.25. The molecule has 6 heteroatoms. The number of carboxylic acid groups (broad SMARTS) is 1. The highest BCUT2D eigenvalue weighted by Gasteiger charge is 2.22. The molecule has 0 bridgehead atoms. The fraction of sp³-hybridized carbons (Fsp3) is 0.318. The summed E-state index contributed by atoms with van der Waals surface area (Å²) < 4.78 is 5.90. The third-order valence-corrected chi connectivity index (χ3v) is 4.11. The summed E-state index contributed by atoms with van der Waals surface area (Å²) in [5.74, 6) is -2.95. The van der Waals surface area contributed by atoms with Crippen molar-refractivity contribution in [2.45, 2.75) is 25.9 Å². The van der Waals surface area contributed by atoms with Crippen molar-refractivity contribution in [1.82, 2.24) is 4.90 Å². The van der Waals surface area contributed by atoms with Gasteiger partial charge in [0.15, 0.2) is 5.78 Å². The van der Waals surface area contributed by atoms with Crippen LogP contribution in [0.25, 0.3) is 0 Å². The van der Waals surface area contributed by atoms with Gasteiger partial charge in [-0.25, -0.2) is 4.79 Å². The number of ketones is 2. The normalized spacial score (nSPS) is 11.9. The van der Waals surface area contributed by atoms with E-state index >= 15 is 0 Å². The second-order valence-electron chi connectivity index (χ2n) is 7.01. The number of carboxylic acids is 1. The zero-order valence-electron chi connectivity index (χ0n) is 16.3. The Balaban J connectivity index is 2.30. The lowest BCUT2D eigenvalue weighted by atomic mass is 9.98. The molecule has 1 N–H and O–H groups in total. The molecule has 0 spiro atoms. The van der Waals surface area contributed by atoms with E-state index in [0.29, 0.717) is 18.7 Å². The van der Waals surface area contributed by atoms with E-state index in [-0.39, 0.29) is 11.7 Å². The van der Waals surface area contributed by atoms with Gasteiger partial charge in [-0.1, -0.05) is 36.4 Å². The van der Waals surface area contributed by atoms with E-state index < -0.39 is 24.0 Å². The number of hydrogen-bond acceptors (Lipinski definition) is 5. The van der Waals surface area contributed by atoms with Gasteiger partial charge in [0, 0.05) is 6.54 Å². The van der Waals surface area contributed by atoms with Crippen LogP contribution in [0.5, 0.6) is 5.75 Å². The van der Waals surface area contributed by atoms with Gasteiger partial charge in [0.25, 0.3) is 0 Å². The molecular formula is C22H25NO5. The molecule has 0 saturated heterocycles. The highest BCUT2D eigenvalue weighted by molar-refractivity contribution is 6.37. The van der Waals surface area contributed by atoms with Crippen LogP contribution < -0.4 is 4.74 Å². The minimum Gasteiger partial charge on any atom is -0.489 e. The van der Waals surface area contributed by atoms with E-state index in [1.54, 1.807) is 12.1 Å².